The van der Waals surface area contributed by atoms with E-state index >= 15 is 0 Å². The number of fused-ring (bicyclic) bond motifs is 2. The zero-order chi connectivity index (χ0) is 18.5. The molecular formula is C18H24N2O5S. The monoisotopic (exact) mass is 380 g/mol. The average Bonchev–Trinajstić information content (AvgIpc) is 3.18. The van der Waals surface area contributed by atoms with Gasteiger partial charge in [-0.1, -0.05) is 0 Å². The summed E-state index contributed by atoms with van der Waals surface area (Å²) in [5.74, 6) is 0.00641. The summed E-state index contributed by atoms with van der Waals surface area (Å²) >= 11 is 0. The molecule has 142 valence electrons. The number of benzene rings is 1. The molecule has 4 rings (SSSR count). The van der Waals surface area contributed by atoms with Gasteiger partial charge in [0.2, 0.25) is 15.9 Å². The van der Waals surface area contributed by atoms with Crippen molar-refractivity contribution in [2.45, 2.75) is 24.7 Å². The second-order valence-corrected chi connectivity index (χ2v) is 9.53. The molecule has 2 atom stereocenters. The Balaban J connectivity index is 1.64. The number of hydrogen-bond acceptors (Lipinski definition) is 5. The highest BCUT2D eigenvalue weighted by atomic mass is 32.2. The van der Waals surface area contributed by atoms with Crippen molar-refractivity contribution in [3.05, 3.63) is 23.8 Å². The Morgan fingerprint density at radius 2 is 2.23 bits per heavy atom. The first kappa shape index (κ1) is 17.9. The summed E-state index contributed by atoms with van der Waals surface area (Å²) in [4.78, 5) is 13.8. The third-order valence-electron chi connectivity index (χ3n) is 5.99. The van der Waals surface area contributed by atoms with E-state index in [1.807, 2.05) is 0 Å². The molecule has 3 heterocycles. The lowest BCUT2D eigenvalue weighted by molar-refractivity contribution is -0.116. The average molecular weight is 380 g/mol. The Kier molecular flexibility index (Phi) is 4.34. The van der Waals surface area contributed by atoms with Crippen molar-refractivity contribution in [3.63, 3.8) is 0 Å². The van der Waals surface area contributed by atoms with Gasteiger partial charge < -0.3 is 14.7 Å². The number of amides is 1. The summed E-state index contributed by atoms with van der Waals surface area (Å²) in [7, 11) is -3.64. The van der Waals surface area contributed by atoms with E-state index in [0.29, 0.717) is 26.3 Å². The molecule has 3 aliphatic rings. The maximum absolute atomic E-state index is 13.1. The quantitative estimate of drug-likeness (QED) is 0.830. The zero-order valence-electron chi connectivity index (χ0n) is 14.8. The highest BCUT2D eigenvalue weighted by molar-refractivity contribution is 7.89. The fourth-order valence-corrected chi connectivity index (χ4v) is 6.03. The molecule has 7 nitrogen and oxygen atoms in total. The molecule has 0 unspecified atom stereocenters. The molecule has 1 aromatic rings. The largest absolute Gasteiger partial charge is 0.396 e. The third-order valence-corrected chi connectivity index (χ3v) is 7.80. The van der Waals surface area contributed by atoms with Gasteiger partial charge in [-0.05, 0) is 36.6 Å². The summed E-state index contributed by atoms with van der Waals surface area (Å²) in [6.45, 7) is 3.68. The second kappa shape index (κ2) is 6.30. The Morgan fingerprint density at radius 1 is 1.42 bits per heavy atom. The lowest BCUT2D eigenvalue weighted by atomic mass is 9.82. The van der Waals surface area contributed by atoms with E-state index in [2.05, 4.69) is 0 Å². The van der Waals surface area contributed by atoms with Crippen LogP contribution in [0.4, 0.5) is 5.69 Å². The summed E-state index contributed by atoms with van der Waals surface area (Å²) < 4.78 is 33.2. The first-order valence-electron chi connectivity index (χ1n) is 8.97. The molecule has 0 aromatic heterocycles. The molecule has 0 saturated carbocycles. The summed E-state index contributed by atoms with van der Waals surface area (Å²) in [6, 6.07) is 5.03. The van der Waals surface area contributed by atoms with E-state index < -0.39 is 15.4 Å². The molecule has 8 heteroatoms. The molecule has 0 aliphatic carbocycles. The van der Waals surface area contributed by atoms with E-state index in [-0.39, 0.29) is 29.9 Å². The molecule has 3 aliphatic heterocycles. The minimum Gasteiger partial charge on any atom is -0.396 e. The van der Waals surface area contributed by atoms with Crippen molar-refractivity contribution in [3.8, 4) is 0 Å². The lowest BCUT2D eigenvalue weighted by Gasteiger charge is -2.29. The molecule has 2 saturated heterocycles. The van der Waals surface area contributed by atoms with Crippen molar-refractivity contribution in [2.24, 2.45) is 11.3 Å². The summed E-state index contributed by atoms with van der Waals surface area (Å²) in [6.07, 6.45) is 1.59. The van der Waals surface area contributed by atoms with Gasteiger partial charge >= 0.3 is 0 Å². The van der Waals surface area contributed by atoms with Gasteiger partial charge in [-0.25, -0.2) is 8.42 Å². The highest BCUT2D eigenvalue weighted by Gasteiger charge is 2.53. The van der Waals surface area contributed by atoms with Crippen LogP contribution in [0.25, 0.3) is 0 Å². The fraction of sp³-hybridized carbons (Fsp3) is 0.611. The fourth-order valence-electron chi connectivity index (χ4n) is 4.40. The first-order chi connectivity index (χ1) is 12.4. The molecule has 2 fully saturated rings. The SMILES string of the molecule is CC(=O)N1CCCc2cc(S(=O)(=O)N3C[C@H]4COC[C@@]4(CO)C3)ccc21. The van der Waals surface area contributed by atoms with Crippen LogP contribution < -0.4 is 4.90 Å². The van der Waals surface area contributed by atoms with E-state index in [9.17, 15) is 18.3 Å². The van der Waals surface area contributed by atoms with Crippen molar-refractivity contribution in [1.29, 1.82) is 0 Å². The first-order valence-corrected chi connectivity index (χ1v) is 10.4. The number of aliphatic hydroxyl groups excluding tert-OH is 1. The van der Waals surface area contributed by atoms with Gasteiger partial charge in [0, 0.05) is 43.6 Å². The number of carbonyl (C=O) groups excluding carboxylic acids is 1. The van der Waals surface area contributed by atoms with Crippen LogP contribution in [0, 0.1) is 11.3 Å². The van der Waals surface area contributed by atoms with Gasteiger partial charge in [-0.15, -0.1) is 0 Å². The number of carbonyl (C=O) groups is 1. The predicted molar refractivity (Wildman–Crippen MR) is 95.4 cm³/mol. The van der Waals surface area contributed by atoms with E-state index in [1.165, 1.54) is 11.2 Å². The third kappa shape index (κ3) is 2.67. The van der Waals surface area contributed by atoms with Crippen LogP contribution in [0.5, 0.6) is 0 Å². The standard InChI is InChI=1S/C18H24N2O5S/c1-13(22)20-6-2-3-14-7-16(4-5-17(14)20)26(23,24)19-8-15-9-25-12-18(15,10-19)11-21/h4-5,7,15,21H,2-3,6,8-12H2,1H3/t15-,18-/m0/s1. The summed E-state index contributed by atoms with van der Waals surface area (Å²) in [5.41, 5.74) is 1.22. The Morgan fingerprint density at radius 3 is 2.92 bits per heavy atom. The Labute approximate surface area is 153 Å². The molecule has 26 heavy (non-hydrogen) atoms. The molecule has 1 N–H and O–H groups in total. The van der Waals surface area contributed by atoms with Crippen LogP contribution in [-0.2, 0) is 26.0 Å². The normalized spacial score (nSPS) is 28.8. The van der Waals surface area contributed by atoms with Crippen LogP contribution in [0.2, 0.25) is 0 Å². The minimum atomic E-state index is -3.64. The number of sulfonamides is 1. The molecule has 0 radical (unpaired) electrons. The van der Waals surface area contributed by atoms with Gasteiger partial charge in [-0.2, -0.15) is 4.31 Å². The van der Waals surface area contributed by atoms with Crippen molar-refractivity contribution < 1.29 is 23.1 Å². The van der Waals surface area contributed by atoms with E-state index in [0.717, 1.165) is 24.1 Å². The smallest absolute Gasteiger partial charge is 0.243 e. The Hall–Kier alpha value is -1.48. The van der Waals surface area contributed by atoms with E-state index in [1.54, 1.807) is 23.1 Å². The second-order valence-electron chi connectivity index (χ2n) is 7.59. The van der Waals surface area contributed by atoms with Crippen LogP contribution in [0.1, 0.15) is 18.9 Å². The molecular weight excluding hydrogens is 356 g/mol. The topological polar surface area (TPSA) is 87.2 Å². The number of aliphatic hydroxyl groups is 1. The maximum atomic E-state index is 13.1. The number of anilines is 1. The van der Waals surface area contributed by atoms with Gasteiger partial charge in [0.1, 0.15) is 0 Å². The minimum absolute atomic E-state index is 0.0289. The van der Waals surface area contributed by atoms with Crippen LogP contribution >= 0.6 is 0 Å². The molecule has 0 spiro atoms. The number of hydrogen-bond donors (Lipinski definition) is 1. The molecule has 0 bridgehead atoms. The van der Waals surface area contributed by atoms with E-state index in [4.69, 9.17) is 4.74 Å². The molecule has 1 amide bonds. The van der Waals surface area contributed by atoms with Crippen LogP contribution in [0.15, 0.2) is 23.1 Å². The van der Waals surface area contributed by atoms with Gasteiger partial charge in [-0.3, -0.25) is 4.79 Å². The Bertz CT molecular complexity index is 840. The van der Waals surface area contributed by atoms with Crippen molar-refractivity contribution in [1.82, 2.24) is 4.31 Å². The number of ether oxygens (including phenoxy) is 1. The van der Waals surface area contributed by atoms with Gasteiger partial charge in [0.25, 0.3) is 0 Å². The maximum Gasteiger partial charge on any atom is 0.243 e. The van der Waals surface area contributed by atoms with Crippen molar-refractivity contribution >= 4 is 21.6 Å². The van der Waals surface area contributed by atoms with Crippen molar-refractivity contribution in [2.75, 3.05) is 44.4 Å². The summed E-state index contributed by atoms with van der Waals surface area (Å²) in [5, 5.41) is 9.78. The number of nitrogens with zero attached hydrogens (tertiary/aromatic N) is 2. The van der Waals surface area contributed by atoms with Gasteiger partial charge in [0.15, 0.2) is 0 Å². The molecule has 1 aromatic carbocycles. The number of aryl methyl sites for hydroxylation is 1. The zero-order valence-corrected chi connectivity index (χ0v) is 15.7. The predicted octanol–water partition coefficient (Wildman–Crippen LogP) is 0.615. The number of rotatable bonds is 3. The van der Waals surface area contributed by atoms with Gasteiger partial charge in [0.05, 0.1) is 24.7 Å². The van der Waals surface area contributed by atoms with Crippen LogP contribution in [0.3, 0.4) is 0 Å². The highest BCUT2D eigenvalue weighted by Crippen LogP contribution is 2.43. The van der Waals surface area contributed by atoms with Crippen LogP contribution in [-0.4, -0.2) is 63.2 Å². The lowest BCUT2D eigenvalue weighted by Crippen LogP contribution is -2.36.